The lowest BCUT2D eigenvalue weighted by Gasteiger charge is -2.34. The van der Waals surface area contributed by atoms with E-state index in [9.17, 15) is 9.90 Å². The van der Waals surface area contributed by atoms with E-state index in [4.69, 9.17) is 5.73 Å². The number of hydrogen-bond donors (Lipinski definition) is 3. The number of nitrogens with two attached hydrogens (primary N) is 1. The summed E-state index contributed by atoms with van der Waals surface area (Å²) in [5.74, 6) is -0.376. The second-order valence-electron chi connectivity index (χ2n) is 5.32. The van der Waals surface area contributed by atoms with Crippen molar-refractivity contribution in [3.63, 3.8) is 0 Å². The number of phenolic OH excluding ortho intramolecular Hbond substituents is 1. The van der Waals surface area contributed by atoms with Crippen LogP contribution < -0.4 is 11.1 Å². The molecular weight excluding hydrogens is 228 g/mol. The fourth-order valence-corrected chi connectivity index (χ4v) is 2.54. The summed E-state index contributed by atoms with van der Waals surface area (Å²) in [5.41, 5.74) is 5.92. The molecule has 18 heavy (non-hydrogen) atoms. The van der Waals surface area contributed by atoms with Gasteiger partial charge in [0, 0.05) is 5.54 Å². The first-order valence-corrected chi connectivity index (χ1v) is 6.42. The highest BCUT2D eigenvalue weighted by Gasteiger charge is 2.29. The maximum Gasteiger partial charge on any atom is 0.255 e. The lowest BCUT2D eigenvalue weighted by Crippen LogP contribution is -2.47. The molecule has 1 aliphatic rings. The molecule has 2 rings (SSSR count). The summed E-state index contributed by atoms with van der Waals surface area (Å²) < 4.78 is 0. The molecule has 0 aliphatic heterocycles. The summed E-state index contributed by atoms with van der Waals surface area (Å²) in [7, 11) is 0. The predicted molar refractivity (Wildman–Crippen MR) is 71.5 cm³/mol. The first-order chi connectivity index (χ1) is 8.52. The van der Waals surface area contributed by atoms with Gasteiger partial charge in [0.05, 0.1) is 11.3 Å². The van der Waals surface area contributed by atoms with Crippen molar-refractivity contribution in [1.82, 2.24) is 5.32 Å². The van der Waals surface area contributed by atoms with E-state index in [0.29, 0.717) is 0 Å². The second kappa shape index (κ2) is 4.88. The normalized spacial score (nSPS) is 18.3. The van der Waals surface area contributed by atoms with E-state index in [-0.39, 0.29) is 28.4 Å². The minimum absolute atomic E-state index is 0.130. The molecule has 98 valence electrons. The van der Waals surface area contributed by atoms with Gasteiger partial charge in [-0.3, -0.25) is 4.79 Å². The molecule has 0 bridgehead atoms. The highest BCUT2D eigenvalue weighted by atomic mass is 16.3. The Hall–Kier alpha value is -1.71. The summed E-state index contributed by atoms with van der Waals surface area (Å²) in [6, 6.07) is 4.84. The average molecular weight is 248 g/mol. The molecule has 0 spiro atoms. The molecule has 4 N–H and O–H groups in total. The first-order valence-electron chi connectivity index (χ1n) is 6.42. The van der Waals surface area contributed by atoms with Crippen LogP contribution in [0.3, 0.4) is 0 Å². The van der Waals surface area contributed by atoms with Crippen molar-refractivity contribution < 1.29 is 9.90 Å². The van der Waals surface area contributed by atoms with E-state index >= 15 is 0 Å². The van der Waals surface area contributed by atoms with Gasteiger partial charge in [0.1, 0.15) is 0 Å². The standard InChI is InChI=1S/C14H20N2O2/c1-14(8-3-2-4-9-14)16-13(18)10-6-5-7-11(15)12(10)17/h5-7,17H,2-4,8-9,15H2,1H3,(H,16,18). The second-order valence-corrected chi connectivity index (χ2v) is 5.32. The summed E-state index contributed by atoms with van der Waals surface area (Å²) in [6.07, 6.45) is 5.48. The number of nitrogen functional groups attached to an aromatic ring is 1. The molecule has 4 heteroatoms. The molecule has 4 nitrogen and oxygen atoms in total. The third-order valence-corrected chi connectivity index (χ3v) is 3.68. The van der Waals surface area contributed by atoms with Crippen LogP contribution in [0.2, 0.25) is 0 Å². The maximum absolute atomic E-state index is 12.2. The molecule has 1 aromatic rings. The molecule has 0 radical (unpaired) electrons. The smallest absolute Gasteiger partial charge is 0.255 e. The number of para-hydroxylation sites is 1. The molecule has 0 saturated heterocycles. The van der Waals surface area contributed by atoms with Crippen LogP contribution in [0.1, 0.15) is 49.4 Å². The van der Waals surface area contributed by atoms with Gasteiger partial charge in [-0.25, -0.2) is 0 Å². The largest absolute Gasteiger partial charge is 0.505 e. The Morgan fingerprint density at radius 2 is 2.00 bits per heavy atom. The van der Waals surface area contributed by atoms with Gasteiger partial charge in [-0.1, -0.05) is 25.3 Å². The topological polar surface area (TPSA) is 75.4 Å². The quantitative estimate of drug-likeness (QED) is 0.556. The zero-order valence-corrected chi connectivity index (χ0v) is 10.7. The maximum atomic E-state index is 12.2. The Kier molecular flexibility index (Phi) is 3.45. The van der Waals surface area contributed by atoms with Crippen molar-refractivity contribution in [2.75, 3.05) is 5.73 Å². The number of anilines is 1. The van der Waals surface area contributed by atoms with Crippen LogP contribution in [0.25, 0.3) is 0 Å². The van der Waals surface area contributed by atoms with Crippen LogP contribution in [0.15, 0.2) is 18.2 Å². The van der Waals surface area contributed by atoms with Crippen molar-refractivity contribution >= 4 is 11.6 Å². The number of carbonyl (C=O) groups is 1. The molecular formula is C14H20N2O2. The van der Waals surface area contributed by atoms with E-state index < -0.39 is 0 Å². The van der Waals surface area contributed by atoms with Gasteiger partial charge < -0.3 is 16.2 Å². The fourth-order valence-electron chi connectivity index (χ4n) is 2.54. The van der Waals surface area contributed by atoms with Crippen molar-refractivity contribution in [1.29, 1.82) is 0 Å². The van der Waals surface area contributed by atoms with E-state index in [1.54, 1.807) is 18.2 Å². The molecule has 1 saturated carbocycles. The SMILES string of the molecule is CC1(NC(=O)c2cccc(N)c2O)CCCCC1. The highest BCUT2D eigenvalue weighted by molar-refractivity contribution is 5.98. The van der Waals surface area contributed by atoms with Crippen LogP contribution in [-0.2, 0) is 0 Å². The molecule has 0 unspecified atom stereocenters. The van der Waals surface area contributed by atoms with Crippen LogP contribution in [0.5, 0.6) is 5.75 Å². The third kappa shape index (κ3) is 2.58. The fraction of sp³-hybridized carbons (Fsp3) is 0.500. The van der Waals surface area contributed by atoms with Crippen molar-refractivity contribution in [3.8, 4) is 5.75 Å². The number of benzene rings is 1. The number of carbonyl (C=O) groups excluding carboxylic acids is 1. The van der Waals surface area contributed by atoms with E-state index in [0.717, 1.165) is 25.7 Å². The zero-order valence-electron chi connectivity index (χ0n) is 10.7. The first kappa shape index (κ1) is 12.7. The number of hydrogen-bond acceptors (Lipinski definition) is 3. The highest BCUT2D eigenvalue weighted by Crippen LogP contribution is 2.29. The summed E-state index contributed by atoms with van der Waals surface area (Å²) >= 11 is 0. The van der Waals surface area contributed by atoms with Gasteiger partial charge in [-0.15, -0.1) is 0 Å². The molecule has 1 aliphatic carbocycles. The zero-order chi connectivity index (χ0) is 13.2. The van der Waals surface area contributed by atoms with Gasteiger partial charge >= 0.3 is 0 Å². The molecule has 0 atom stereocenters. The lowest BCUT2D eigenvalue weighted by molar-refractivity contribution is 0.0880. The Balaban J connectivity index is 2.14. The molecule has 1 aromatic carbocycles. The predicted octanol–water partition coefficient (Wildman–Crippen LogP) is 2.43. The van der Waals surface area contributed by atoms with Crippen LogP contribution in [-0.4, -0.2) is 16.6 Å². The molecule has 0 heterocycles. The summed E-state index contributed by atoms with van der Waals surface area (Å²) in [4.78, 5) is 12.2. The molecule has 1 fully saturated rings. The van der Waals surface area contributed by atoms with Crippen molar-refractivity contribution in [2.24, 2.45) is 0 Å². The molecule has 1 amide bonds. The average Bonchev–Trinajstić information content (AvgIpc) is 2.33. The Labute approximate surface area is 107 Å². The minimum Gasteiger partial charge on any atom is -0.505 e. The van der Waals surface area contributed by atoms with Crippen LogP contribution >= 0.6 is 0 Å². The summed E-state index contributed by atoms with van der Waals surface area (Å²) in [5, 5.41) is 12.8. The number of aromatic hydroxyl groups is 1. The van der Waals surface area contributed by atoms with Gasteiger partial charge in [0.15, 0.2) is 5.75 Å². The minimum atomic E-state index is -0.246. The Morgan fingerprint density at radius 1 is 1.33 bits per heavy atom. The van der Waals surface area contributed by atoms with Crippen molar-refractivity contribution in [3.05, 3.63) is 23.8 Å². The lowest BCUT2D eigenvalue weighted by atomic mass is 9.83. The van der Waals surface area contributed by atoms with Crippen molar-refractivity contribution in [2.45, 2.75) is 44.6 Å². The van der Waals surface area contributed by atoms with E-state index in [2.05, 4.69) is 12.2 Å². The van der Waals surface area contributed by atoms with E-state index in [1.807, 2.05) is 0 Å². The Bertz CT molecular complexity index is 451. The van der Waals surface area contributed by atoms with Gasteiger partial charge in [0.25, 0.3) is 5.91 Å². The molecule has 0 aromatic heterocycles. The number of amides is 1. The summed E-state index contributed by atoms with van der Waals surface area (Å²) in [6.45, 7) is 2.06. The number of phenols is 1. The van der Waals surface area contributed by atoms with E-state index in [1.165, 1.54) is 6.42 Å². The van der Waals surface area contributed by atoms with Gasteiger partial charge in [0.2, 0.25) is 0 Å². The van der Waals surface area contributed by atoms with Crippen LogP contribution in [0, 0.1) is 0 Å². The Morgan fingerprint density at radius 3 is 2.67 bits per heavy atom. The number of rotatable bonds is 2. The van der Waals surface area contributed by atoms with Gasteiger partial charge in [-0.2, -0.15) is 0 Å². The monoisotopic (exact) mass is 248 g/mol. The number of nitrogens with one attached hydrogen (secondary N) is 1. The van der Waals surface area contributed by atoms with Crippen LogP contribution in [0.4, 0.5) is 5.69 Å². The third-order valence-electron chi connectivity index (χ3n) is 3.68. The van der Waals surface area contributed by atoms with Gasteiger partial charge in [-0.05, 0) is 31.9 Å².